The predicted molar refractivity (Wildman–Crippen MR) is 105 cm³/mol. The van der Waals surface area contributed by atoms with Crippen LogP contribution < -0.4 is 5.32 Å². The Balaban J connectivity index is 1.43. The van der Waals surface area contributed by atoms with Crippen molar-refractivity contribution in [2.24, 2.45) is 5.41 Å². The fourth-order valence-corrected chi connectivity index (χ4v) is 4.53. The number of likely N-dealkylation sites (tertiary alicyclic amines) is 1. The van der Waals surface area contributed by atoms with E-state index in [1.54, 1.807) is 0 Å². The molecule has 5 nitrogen and oxygen atoms in total. The van der Waals surface area contributed by atoms with E-state index in [4.69, 9.17) is 4.98 Å². The highest BCUT2D eigenvalue weighted by Crippen LogP contribution is 2.38. The van der Waals surface area contributed by atoms with E-state index in [2.05, 4.69) is 57.2 Å². The molecule has 2 saturated heterocycles. The lowest BCUT2D eigenvalue weighted by atomic mass is 9.77. The van der Waals surface area contributed by atoms with E-state index >= 15 is 0 Å². The first-order valence-corrected chi connectivity index (χ1v) is 9.73. The number of benzene rings is 1. The third kappa shape index (κ3) is 3.02. The highest BCUT2D eigenvalue weighted by Gasteiger charge is 2.40. The normalized spacial score (nSPS) is 19.6. The van der Waals surface area contributed by atoms with Gasteiger partial charge in [0, 0.05) is 31.3 Å². The molecule has 2 aromatic heterocycles. The van der Waals surface area contributed by atoms with Crippen molar-refractivity contribution in [2.75, 3.05) is 19.6 Å². The fourth-order valence-electron chi connectivity index (χ4n) is 4.53. The number of piperidine rings is 1. The summed E-state index contributed by atoms with van der Waals surface area (Å²) in [5.41, 5.74) is 4.66. The minimum absolute atomic E-state index is 0.190. The van der Waals surface area contributed by atoms with Gasteiger partial charge in [0.25, 0.3) is 0 Å². The molecule has 4 heterocycles. The Kier molecular flexibility index (Phi) is 3.97. The zero-order valence-electron chi connectivity index (χ0n) is 15.4. The Morgan fingerprint density at radius 3 is 2.56 bits per heavy atom. The highest BCUT2D eigenvalue weighted by atomic mass is 16.1. The molecule has 0 atom stereocenters. The van der Waals surface area contributed by atoms with Gasteiger partial charge in [-0.15, -0.1) is 0 Å². The van der Waals surface area contributed by atoms with Gasteiger partial charge in [0.2, 0.25) is 5.91 Å². The maximum atomic E-state index is 11.7. The van der Waals surface area contributed by atoms with Crippen LogP contribution in [0.3, 0.4) is 0 Å². The van der Waals surface area contributed by atoms with Crippen LogP contribution >= 0.6 is 0 Å². The van der Waals surface area contributed by atoms with Crippen LogP contribution in [0.2, 0.25) is 0 Å². The van der Waals surface area contributed by atoms with Crippen molar-refractivity contribution in [3.63, 3.8) is 0 Å². The Morgan fingerprint density at radius 1 is 1.04 bits per heavy atom. The van der Waals surface area contributed by atoms with Crippen molar-refractivity contribution in [1.82, 2.24) is 19.6 Å². The van der Waals surface area contributed by atoms with Crippen LogP contribution in [0.1, 0.15) is 25.0 Å². The van der Waals surface area contributed by atoms with E-state index in [-0.39, 0.29) is 11.3 Å². The van der Waals surface area contributed by atoms with Crippen LogP contribution in [-0.4, -0.2) is 39.8 Å². The topological polar surface area (TPSA) is 49.6 Å². The lowest BCUT2D eigenvalue weighted by molar-refractivity contribution is -0.119. The van der Waals surface area contributed by atoms with Crippen molar-refractivity contribution in [2.45, 2.75) is 25.8 Å². The number of amides is 1. The lowest BCUT2D eigenvalue weighted by Gasteiger charge is -2.38. The summed E-state index contributed by atoms with van der Waals surface area (Å²) in [5, 5.41) is 3.02. The molecule has 2 fully saturated rings. The zero-order valence-corrected chi connectivity index (χ0v) is 15.4. The van der Waals surface area contributed by atoms with Gasteiger partial charge in [-0.05, 0) is 43.5 Å². The van der Waals surface area contributed by atoms with Gasteiger partial charge in [0.15, 0.2) is 0 Å². The monoisotopic (exact) mass is 360 g/mol. The molecule has 1 N–H and O–H groups in total. The molecule has 0 saturated carbocycles. The smallest absolute Gasteiger partial charge is 0.220 e. The summed E-state index contributed by atoms with van der Waals surface area (Å²) in [6, 6.07) is 16.6. The van der Waals surface area contributed by atoms with E-state index in [0.29, 0.717) is 6.42 Å². The highest BCUT2D eigenvalue weighted by molar-refractivity contribution is 5.79. The fraction of sp³-hybridized carbons (Fsp3) is 0.364. The largest absolute Gasteiger partial charge is 0.356 e. The van der Waals surface area contributed by atoms with E-state index in [1.807, 2.05) is 12.1 Å². The molecule has 5 rings (SSSR count). The quantitative estimate of drug-likeness (QED) is 0.781. The van der Waals surface area contributed by atoms with E-state index in [0.717, 1.165) is 55.9 Å². The lowest BCUT2D eigenvalue weighted by Crippen LogP contribution is -2.41. The summed E-state index contributed by atoms with van der Waals surface area (Å²) in [4.78, 5) is 19.1. The third-order valence-corrected chi connectivity index (χ3v) is 6.16. The van der Waals surface area contributed by atoms with Crippen molar-refractivity contribution in [1.29, 1.82) is 0 Å². The summed E-state index contributed by atoms with van der Waals surface area (Å²) in [6.45, 7) is 3.80. The first-order valence-electron chi connectivity index (χ1n) is 9.73. The number of rotatable bonds is 3. The number of nitrogens with one attached hydrogen (secondary N) is 1. The van der Waals surface area contributed by atoms with E-state index in [9.17, 15) is 4.79 Å². The molecule has 1 aromatic carbocycles. The molecule has 5 heteroatoms. The number of imidazole rings is 1. The Labute approximate surface area is 159 Å². The number of pyridine rings is 1. The molecule has 0 aliphatic carbocycles. The van der Waals surface area contributed by atoms with Crippen LogP contribution in [0.15, 0.2) is 54.7 Å². The Morgan fingerprint density at radius 2 is 1.81 bits per heavy atom. The second-order valence-corrected chi connectivity index (χ2v) is 7.93. The Hall–Kier alpha value is -2.66. The molecule has 0 radical (unpaired) electrons. The number of nitrogens with zero attached hydrogens (tertiary/aromatic N) is 3. The van der Waals surface area contributed by atoms with Gasteiger partial charge in [-0.1, -0.05) is 36.4 Å². The maximum Gasteiger partial charge on any atom is 0.220 e. The summed E-state index contributed by atoms with van der Waals surface area (Å²) in [6.07, 6.45) is 4.98. The molecule has 27 heavy (non-hydrogen) atoms. The molecule has 1 amide bonds. The van der Waals surface area contributed by atoms with E-state index < -0.39 is 0 Å². The first-order chi connectivity index (χ1) is 13.2. The average Bonchev–Trinajstić information content (AvgIpc) is 3.25. The van der Waals surface area contributed by atoms with Crippen molar-refractivity contribution in [3.8, 4) is 11.3 Å². The SMILES string of the molecule is O=C1CC2(CCN(Cc3c(-c4ccccc4)nc4ccccn34)CC2)CN1. The molecule has 2 aliphatic rings. The van der Waals surface area contributed by atoms with Gasteiger partial charge >= 0.3 is 0 Å². The van der Waals surface area contributed by atoms with Crippen LogP contribution in [0.4, 0.5) is 0 Å². The standard InChI is InChI=1S/C22H24N4O/c27-20-14-22(16-23-20)9-12-25(13-10-22)15-18-21(17-6-2-1-3-7-17)24-19-8-4-5-11-26(18)19/h1-8,11H,9-10,12-16H2,(H,23,27). The van der Waals surface area contributed by atoms with Gasteiger partial charge in [-0.25, -0.2) is 4.98 Å². The molecular formula is C22H24N4O. The molecule has 2 aliphatic heterocycles. The van der Waals surface area contributed by atoms with Crippen molar-refractivity contribution < 1.29 is 4.79 Å². The number of carbonyl (C=O) groups is 1. The molecule has 1 spiro atoms. The molecular weight excluding hydrogens is 336 g/mol. The van der Waals surface area contributed by atoms with Crippen LogP contribution in [0.25, 0.3) is 16.9 Å². The second kappa shape index (κ2) is 6.50. The molecule has 138 valence electrons. The summed E-state index contributed by atoms with van der Waals surface area (Å²) in [7, 11) is 0. The minimum Gasteiger partial charge on any atom is -0.356 e. The van der Waals surface area contributed by atoms with Gasteiger partial charge in [-0.2, -0.15) is 0 Å². The third-order valence-electron chi connectivity index (χ3n) is 6.16. The van der Waals surface area contributed by atoms with Gasteiger partial charge in [-0.3, -0.25) is 9.69 Å². The number of hydrogen-bond acceptors (Lipinski definition) is 3. The van der Waals surface area contributed by atoms with Crippen LogP contribution in [0.5, 0.6) is 0 Å². The molecule has 0 bridgehead atoms. The second-order valence-electron chi connectivity index (χ2n) is 7.93. The Bertz CT molecular complexity index is 970. The average molecular weight is 360 g/mol. The number of hydrogen-bond donors (Lipinski definition) is 1. The number of fused-ring (bicyclic) bond motifs is 1. The van der Waals surface area contributed by atoms with Crippen molar-refractivity contribution in [3.05, 3.63) is 60.4 Å². The summed E-state index contributed by atoms with van der Waals surface area (Å²) in [5.74, 6) is 0.219. The van der Waals surface area contributed by atoms with Gasteiger partial charge < -0.3 is 9.72 Å². The van der Waals surface area contributed by atoms with Crippen molar-refractivity contribution >= 4 is 11.6 Å². The summed E-state index contributed by atoms with van der Waals surface area (Å²) >= 11 is 0. The van der Waals surface area contributed by atoms with Gasteiger partial charge in [0.1, 0.15) is 5.65 Å². The number of carbonyl (C=O) groups excluding carboxylic acids is 1. The van der Waals surface area contributed by atoms with E-state index in [1.165, 1.54) is 5.69 Å². The minimum atomic E-state index is 0.190. The first kappa shape index (κ1) is 16.5. The maximum absolute atomic E-state index is 11.7. The van der Waals surface area contributed by atoms with Crippen LogP contribution in [0, 0.1) is 5.41 Å². The van der Waals surface area contributed by atoms with Crippen LogP contribution in [-0.2, 0) is 11.3 Å². The van der Waals surface area contributed by atoms with Gasteiger partial charge in [0.05, 0.1) is 11.4 Å². The summed E-state index contributed by atoms with van der Waals surface area (Å²) < 4.78 is 2.22. The zero-order chi connectivity index (χ0) is 18.3. The predicted octanol–water partition coefficient (Wildman–Crippen LogP) is 3.10. The molecule has 3 aromatic rings. The molecule has 0 unspecified atom stereocenters. The number of aromatic nitrogens is 2.